The summed E-state index contributed by atoms with van der Waals surface area (Å²) in [5.41, 5.74) is 1.93. The number of carbonyl (C=O) groups is 1. The highest BCUT2D eigenvalue weighted by Crippen LogP contribution is 1.98. The van der Waals surface area contributed by atoms with Crippen LogP contribution in [0.15, 0.2) is 0 Å². The number of amides is 2. The monoisotopic (exact) mass is 161 g/mol. The smallest absolute Gasteiger partial charge is 0.330 e. The Hall–Kier alpha value is -0.810. The lowest BCUT2D eigenvalue weighted by atomic mass is 10.1. The Morgan fingerprint density at radius 3 is 2.18 bits per heavy atom. The average Bonchev–Trinajstić information content (AvgIpc) is 1.82. The van der Waals surface area contributed by atoms with Crippen LogP contribution < -0.4 is 10.7 Å². The van der Waals surface area contributed by atoms with Crippen LogP contribution in [0.5, 0.6) is 0 Å². The average molecular weight is 161 g/mol. The maximum absolute atomic E-state index is 10.9. The first-order valence-corrected chi connectivity index (χ1v) is 3.35. The molecule has 0 aromatic heterocycles. The van der Waals surface area contributed by atoms with Crippen LogP contribution in [0.4, 0.5) is 4.79 Å². The van der Waals surface area contributed by atoms with E-state index in [1.165, 1.54) is 7.05 Å². The molecule has 0 heterocycles. The number of nitrogens with one attached hydrogen (secondary N) is 2. The summed E-state index contributed by atoms with van der Waals surface area (Å²) < 4.78 is 0. The molecule has 0 spiro atoms. The Kier molecular flexibility index (Phi) is 3.28. The molecule has 0 fully saturated rings. The van der Waals surface area contributed by atoms with Crippen molar-refractivity contribution in [2.75, 3.05) is 7.05 Å². The summed E-state index contributed by atoms with van der Waals surface area (Å²) in [5.74, 6) is 0. The molecule has 3 N–H and O–H groups in total. The second-order valence-corrected chi connectivity index (χ2v) is 3.22. The number of rotatable bonds is 1. The maximum atomic E-state index is 10.9. The van der Waals surface area contributed by atoms with Gasteiger partial charge in [0.1, 0.15) is 0 Å². The van der Waals surface area contributed by atoms with Gasteiger partial charge in [0, 0.05) is 12.6 Å². The molecular formula is C6H15N3O2. The summed E-state index contributed by atoms with van der Waals surface area (Å²) in [6.07, 6.45) is 0. The fourth-order valence-corrected chi connectivity index (χ4v) is 0.475. The number of urea groups is 1. The summed E-state index contributed by atoms with van der Waals surface area (Å²) in [5, 5.41) is 11.7. The third kappa shape index (κ3) is 4.58. The molecule has 0 saturated carbocycles. The predicted molar refractivity (Wildman–Crippen MR) is 41.0 cm³/mol. The fraction of sp³-hybridized carbons (Fsp3) is 0.833. The van der Waals surface area contributed by atoms with Crippen LogP contribution in [0.2, 0.25) is 0 Å². The van der Waals surface area contributed by atoms with Crippen LogP contribution in [0.25, 0.3) is 0 Å². The van der Waals surface area contributed by atoms with E-state index in [-0.39, 0.29) is 5.54 Å². The van der Waals surface area contributed by atoms with E-state index in [1.54, 1.807) is 0 Å². The van der Waals surface area contributed by atoms with Gasteiger partial charge in [-0.25, -0.2) is 10.2 Å². The van der Waals surface area contributed by atoms with E-state index >= 15 is 0 Å². The summed E-state index contributed by atoms with van der Waals surface area (Å²) in [4.78, 5) is 10.9. The summed E-state index contributed by atoms with van der Waals surface area (Å²) in [7, 11) is 1.45. The van der Waals surface area contributed by atoms with E-state index in [1.807, 2.05) is 20.8 Å². The molecular weight excluding hydrogens is 146 g/mol. The highest BCUT2D eigenvalue weighted by molar-refractivity contribution is 5.73. The van der Waals surface area contributed by atoms with E-state index < -0.39 is 6.03 Å². The van der Waals surface area contributed by atoms with Gasteiger partial charge >= 0.3 is 6.03 Å². The van der Waals surface area contributed by atoms with Crippen LogP contribution in [0.1, 0.15) is 20.8 Å². The van der Waals surface area contributed by atoms with Crippen molar-refractivity contribution in [3.63, 3.8) is 0 Å². The van der Waals surface area contributed by atoms with Crippen molar-refractivity contribution in [3.05, 3.63) is 0 Å². The lowest BCUT2D eigenvalue weighted by Gasteiger charge is -2.23. The summed E-state index contributed by atoms with van der Waals surface area (Å²) in [6.45, 7) is 5.48. The minimum absolute atomic E-state index is 0.338. The predicted octanol–water partition coefficient (Wildman–Crippen LogP) is 0.320. The van der Waals surface area contributed by atoms with Crippen LogP contribution >= 0.6 is 0 Å². The van der Waals surface area contributed by atoms with Crippen molar-refractivity contribution in [2.24, 2.45) is 0 Å². The minimum atomic E-state index is -0.569. The lowest BCUT2D eigenvalue weighted by Crippen LogP contribution is -2.50. The van der Waals surface area contributed by atoms with Gasteiger partial charge in [0.2, 0.25) is 0 Å². The van der Waals surface area contributed by atoms with Gasteiger partial charge in [-0.1, -0.05) is 0 Å². The Balaban J connectivity index is 3.88. The van der Waals surface area contributed by atoms with E-state index in [4.69, 9.17) is 5.21 Å². The second-order valence-electron chi connectivity index (χ2n) is 3.22. The van der Waals surface area contributed by atoms with E-state index in [2.05, 4.69) is 10.7 Å². The molecule has 0 radical (unpaired) electrons. The first kappa shape index (κ1) is 10.2. The first-order chi connectivity index (χ1) is 4.87. The molecule has 0 aromatic carbocycles. The number of carbonyl (C=O) groups excluding carboxylic acids is 1. The molecule has 0 unspecified atom stereocenters. The van der Waals surface area contributed by atoms with Crippen molar-refractivity contribution in [1.29, 1.82) is 0 Å². The third-order valence-corrected chi connectivity index (χ3v) is 0.886. The minimum Gasteiger partial charge on any atom is -0.330 e. The van der Waals surface area contributed by atoms with Crippen molar-refractivity contribution in [1.82, 2.24) is 15.9 Å². The highest BCUT2D eigenvalue weighted by Gasteiger charge is 2.16. The molecule has 0 rings (SSSR count). The summed E-state index contributed by atoms with van der Waals surface area (Å²) >= 11 is 0. The molecule has 0 aliphatic heterocycles. The largest absolute Gasteiger partial charge is 0.356 e. The molecule has 0 aliphatic rings. The number of hydrogen-bond acceptors (Lipinski definition) is 3. The Morgan fingerprint density at radius 2 is 1.91 bits per heavy atom. The van der Waals surface area contributed by atoms with Gasteiger partial charge in [-0.15, -0.1) is 5.17 Å². The zero-order valence-electron chi connectivity index (χ0n) is 7.30. The van der Waals surface area contributed by atoms with E-state index in [9.17, 15) is 4.79 Å². The molecule has 0 bridgehead atoms. The second kappa shape index (κ2) is 3.54. The van der Waals surface area contributed by atoms with Crippen LogP contribution in [-0.4, -0.2) is 29.0 Å². The van der Waals surface area contributed by atoms with Crippen molar-refractivity contribution < 1.29 is 10.0 Å². The van der Waals surface area contributed by atoms with Crippen LogP contribution in [0.3, 0.4) is 0 Å². The maximum Gasteiger partial charge on any atom is 0.356 e. The molecule has 0 saturated heterocycles. The van der Waals surface area contributed by atoms with Gasteiger partial charge in [0.05, 0.1) is 0 Å². The zero-order chi connectivity index (χ0) is 9.07. The highest BCUT2D eigenvalue weighted by atomic mass is 16.6. The molecule has 5 heteroatoms. The van der Waals surface area contributed by atoms with Gasteiger partial charge in [0.25, 0.3) is 0 Å². The first-order valence-electron chi connectivity index (χ1n) is 3.35. The fourth-order valence-electron chi connectivity index (χ4n) is 0.475. The standard InChI is InChI=1S/C6H15N3O2/c1-6(2,3)8-5(10)9(11)7-4/h7,11H,1-4H3,(H,8,10). The Morgan fingerprint density at radius 1 is 1.45 bits per heavy atom. The molecule has 0 aliphatic carbocycles. The Bertz CT molecular complexity index is 141. The van der Waals surface area contributed by atoms with Gasteiger partial charge in [0.15, 0.2) is 0 Å². The number of hydroxylamine groups is 1. The SMILES string of the molecule is CNN(O)C(=O)NC(C)(C)C. The van der Waals surface area contributed by atoms with Crippen LogP contribution in [-0.2, 0) is 0 Å². The van der Waals surface area contributed by atoms with E-state index in [0.717, 1.165) is 0 Å². The molecule has 5 nitrogen and oxygen atoms in total. The lowest BCUT2D eigenvalue weighted by molar-refractivity contribution is -0.0818. The zero-order valence-corrected chi connectivity index (χ0v) is 7.30. The van der Waals surface area contributed by atoms with Gasteiger partial charge in [-0.2, -0.15) is 0 Å². The molecule has 2 amide bonds. The van der Waals surface area contributed by atoms with Gasteiger partial charge in [-0.3, -0.25) is 5.21 Å². The number of hydrazine groups is 1. The summed E-state index contributed by atoms with van der Waals surface area (Å²) in [6, 6.07) is -0.569. The number of nitrogens with zero attached hydrogens (tertiary/aromatic N) is 1. The van der Waals surface area contributed by atoms with Crippen molar-refractivity contribution >= 4 is 6.03 Å². The quantitative estimate of drug-likeness (QED) is 0.383. The van der Waals surface area contributed by atoms with Gasteiger partial charge < -0.3 is 5.32 Å². The van der Waals surface area contributed by atoms with E-state index in [0.29, 0.717) is 5.17 Å². The molecule has 0 atom stereocenters. The molecule has 0 aromatic rings. The van der Waals surface area contributed by atoms with Crippen molar-refractivity contribution in [3.8, 4) is 0 Å². The van der Waals surface area contributed by atoms with Crippen molar-refractivity contribution in [2.45, 2.75) is 26.3 Å². The normalized spacial score (nSPS) is 11.0. The van der Waals surface area contributed by atoms with Crippen LogP contribution in [0, 0.1) is 0 Å². The van der Waals surface area contributed by atoms with Gasteiger partial charge in [-0.05, 0) is 20.8 Å². The molecule has 11 heavy (non-hydrogen) atoms. The number of hydrogen-bond donors (Lipinski definition) is 3. The Labute approximate surface area is 66.3 Å². The third-order valence-electron chi connectivity index (χ3n) is 0.886. The molecule has 66 valence electrons. The topological polar surface area (TPSA) is 64.6 Å².